The van der Waals surface area contributed by atoms with Crippen molar-refractivity contribution in [3.63, 3.8) is 0 Å². The lowest BCUT2D eigenvalue weighted by Gasteiger charge is -2.28. The van der Waals surface area contributed by atoms with Gasteiger partial charge in [0.1, 0.15) is 5.60 Å². The van der Waals surface area contributed by atoms with E-state index in [0.717, 1.165) is 11.1 Å². The zero-order valence-electron chi connectivity index (χ0n) is 14.5. The van der Waals surface area contributed by atoms with E-state index in [4.69, 9.17) is 9.47 Å². The lowest BCUT2D eigenvalue weighted by molar-refractivity contribution is -0.124. The molecule has 24 heavy (non-hydrogen) atoms. The molecular weight excluding hydrogens is 302 g/mol. The van der Waals surface area contributed by atoms with Crippen LogP contribution in [0.4, 0.5) is 0 Å². The molecule has 0 spiro atoms. The molecule has 0 bridgehead atoms. The van der Waals surface area contributed by atoms with Crippen molar-refractivity contribution < 1.29 is 14.3 Å². The smallest absolute Gasteiger partial charge is 0.232 e. The van der Waals surface area contributed by atoms with E-state index in [1.807, 2.05) is 67.6 Å². The molecule has 0 aliphatic heterocycles. The first-order valence-corrected chi connectivity index (χ1v) is 8.01. The number of benzene rings is 2. The fourth-order valence-electron chi connectivity index (χ4n) is 2.65. The number of carbonyl (C=O) groups excluding carboxylic acids is 1. The molecule has 0 aromatic heterocycles. The van der Waals surface area contributed by atoms with Crippen LogP contribution in [0.2, 0.25) is 0 Å². The molecule has 0 fully saturated rings. The summed E-state index contributed by atoms with van der Waals surface area (Å²) in [5.74, 6) is -0.400. The van der Waals surface area contributed by atoms with E-state index >= 15 is 0 Å². The van der Waals surface area contributed by atoms with Crippen molar-refractivity contribution in [2.45, 2.75) is 18.4 Å². The molecule has 0 saturated heterocycles. The summed E-state index contributed by atoms with van der Waals surface area (Å²) in [6.07, 6.45) is 0. The first-order valence-electron chi connectivity index (χ1n) is 8.01. The van der Waals surface area contributed by atoms with Crippen LogP contribution < -0.4 is 5.32 Å². The Hall–Kier alpha value is -2.17. The second kappa shape index (κ2) is 8.62. The van der Waals surface area contributed by atoms with Crippen LogP contribution in [0.5, 0.6) is 0 Å². The number of amides is 1. The van der Waals surface area contributed by atoms with Crippen molar-refractivity contribution >= 4 is 5.91 Å². The van der Waals surface area contributed by atoms with Crippen molar-refractivity contribution in [3.8, 4) is 0 Å². The Morgan fingerprint density at radius 2 is 1.50 bits per heavy atom. The molecular formula is C20H25NO3. The summed E-state index contributed by atoms with van der Waals surface area (Å²) in [6.45, 7) is 2.70. The number of hydrogen-bond acceptors (Lipinski definition) is 3. The van der Waals surface area contributed by atoms with Gasteiger partial charge in [0.2, 0.25) is 5.91 Å². The van der Waals surface area contributed by atoms with E-state index in [1.54, 1.807) is 14.2 Å². The third-order valence-electron chi connectivity index (χ3n) is 4.11. The van der Waals surface area contributed by atoms with Gasteiger partial charge in [0.05, 0.1) is 12.5 Å². The van der Waals surface area contributed by atoms with Crippen LogP contribution in [0, 0.1) is 0 Å². The standard InChI is InChI=1S/C20H25NO3/c1-20(24-3,15-23-2)14-21-19(22)18(16-10-6-4-7-11-16)17-12-8-5-9-13-17/h4-13,18H,14-15H2,1-3H3,(H,21,22). The van der Waals surface area contributed by atoms with Crippen molar-refractivity contribution in [3.05, 3.63) is 71.8 Å². The number of carbonyl (C=O) groups is 1. The van der Waals surface area contributed by atoms with Gasteiger partial charge in [-0.15, -0.1) is 0 Å². The van der Waals surface area contributed by atoms with Crippen LogP contribution in [0.15, 0.2) is 60.7 Å². The first kappa shape index (κ1) is 18.2. The van der Waals surface area contributed by atoms with Gasteiger partial charge in [-0.25, -0.2) is 0 Å². The zero-order chi connectivity index (χ0) is 17.4. The molecule has 0 aliphatic carbocycles. The predicted octanol–water partition coefficient (Wildman–Crippen LogP) is 2.99. The molecule has 0 radical (unpaired) electrons. The van der Waals surface area contributed by atoms with E-state index in [-0.39, 0.29) is 11.8 Å². The third kappa shape index (κ3) is 4.66. The van der Waals surface area contributed by atoms with Gasteiger partial charge in [-0.2, -0.15) is 0 Å². The SMILES string of the molecule is COCC(C)(CNC(=O)C(c1ccccc1)c1ccccc1)OC. The minimum Gasteiger partial charge on any atom is -0.382 e. The fraction of sp³-hybridized carbons (Fsp3) is 0.350. The van der Waals surface area contributed by atoms with Crippen LogP contribution in [0.25, 0.3) is 0 Å². The Balaban J connectivity index is 2.20. The largest absolute Gasteiger partial charge is 0.382 e. The quantitative estimate of drug-likeness (QED) is 0.811. The van der Waals surface area contributed by atoms with E-state index < -0.39 is 5.60 Å². The van der Waals surface area contributed by atoms with Crippen LogP contribution in [0.3, 0.4) is 0 Å². The minimum atomic E-state index is -0.553. The molecule has 1 unspecified atom stereocenters. The molecule has 2 aromatic carbocycles. The highest BCUT2D eigenvalue weighted by molar-refractivity contribution is 5.87. The summed E-state index contributed by atoms with van der Waals surface area (Å²) in [7, 11) is 3.24. The second-order valence-electron chi connectivity index (χ2n) is 6.06. The molecule has 1 N–H and O–H groups in total. The van der Waals surface area contributed by atoms with E-state index in [0.29, 0.717) is 13.2 Å². The van der Waals surface area contributed by atoms with Gasteiger partial charge in [0.25, 0.3) is 0 Å². The Labute approximate surface area is 143 Å². The van der Waals surface area contributed by atoms with Gasteiger partial charge in [-0.1, -0.05) is 60.7 Å². The summed E-state index contributed by atoms with van der Waals surface area (Å²) >= 11 is 0. The summed E-state index contributed by atoms with van der Waals surface area (Å²) in [4.78, 5) is 12.9. The highest BCUT2D eigenvalue weighted by atomic mass is 16.5. The Kier molecular flexibility index (Phi) is 6.53. The first-order chi connectivity index (χ1) is 11.6. The summed E-state index contributed by atoms with van der Waals surface area (Å²) in [5.41, 5.74) is 1.38. The molecule has 0 heterocycles. The zero-order valence-corrected chi connectivity index (χ0v) is 14.5. The van der Waals surface area contributed by atoms with Crippen LogP contribution >= 0.6 is 0 Å². The monoisotopic (exact) mass is 327 g/mol. The molecule has 0 saturated carbocycles. The lowest BCUT2D eigenvalue weighted by atomic mass is 9.90. The van der Waals surface area contributed by atoms with Crippen molar-refractivity contribution in [2.24, 2.45) is 0 Å². The van der Waals surface area contributed by atoms with Crippen molar-refractivity contribution in [1.29, 1.82) is 0 Å². The average Bonchev–Trinajstić information content (AvgIpc) is 2.62. The van der Waals surface area contributed by atoms with Gasteiger partial charge in [-0.3, -0.25) is 4.79 Å². The molecule has 4 nitrogen and oxygen atoms in total. The number of rotatable bonds is 8. The third-order valence-corrected chi connectivity index (χ3v) is 4.11. The average molecular weight is 327 g/mol. The molecule has 1 atom stereocenters. The molecule has 2 rings (SSSR count). The number of nitrogens with one attached hydrogen (secondary N) is 1. The van der Waals surface area contributed by atoms with Crippen molar-refractivity contribution in [1.82, 2.24) is 5.32 Å². The Morgan fingerprint density at radius 1 is 1.00 bits per heavy atom. The number of hydrogen-bond donors (Lipinski definition) is 1. The lowest BCUT2D eigenvalue weighted by Crippen LogP contribution is -2.46. The van der Waals surface area contributed by atoms with Gasteiger partial charge in [0, 0.05) is 20.8 Å². The normalized spacial score (nSPS) is 13.5. The molecule has 4 heteroatoms. The van der Waals surface area contributed by atoms with Gasteiger partial charge in [-0.05, 0) is 18.1 Å². The highest BCUT2D eigenvalue weighted by Crippen LogP contribution is 2.25. The number of methoxy groups -OCH3 is 2. The summed E-state index contributed by atoms with van der Waals surface area (Å²) in [6, 6.07) is 19.6. The van der Waals surface area contributed by atoms with E-state index in [9.17, 15) is 4.79 Å². The Morgan fingerprint density at radius 3 is 1.92 bits per heavy atom. The highest BCUT2D eigenvalue weighted by Gasteiger charge is 2.28. The number of ether oxygens (including phenoxy) is 2. The maximum atomic E-state index is 12.9. The fourth-order valence-corrected chi connectivity index (χ4v) is 2.65. The van der Waals surface area contributed by atoms with Crippen LogP contribution in [0.1, 0.15) is 24.0 Å². The summed E-state index contributed by atoms with van der Waals surface area (Å²) in [5, 5.41) is 3.01. The minimum absolute atomic E-state index is 0.0493. The molecule has 2 aromatic rings. The van der Waals surface area contributed by atoms with Crippen LogP contribution in [-0.4, -0.2) is 38.9 Å². The molecule has 0 aliphatic rings. The van der Waals surface area contributed by atoms with Gasteiger partial charge >= 0.3 is 0 Å². The topological polar surface area (TPSA) is 47.6 Å². The maximum Gasteiger partial charge on any atom is 0.232 e. The molecule has 128 valence electrons. The predicted molar refractivity (Wildman–Crippen MR) is 95.0 cm³/mol. The second-order valence-corrected chi connectivity index (χ2v) is 6.06. The molecule has 1 amide bonds. The van der Waals surface area contributed by atoms with Gasteiger partial charge < -0.3 is 14.8 Å². The van der Waals surface area contributed by atoms with E-state index in [1.165, 1.54) is 0 Å². The maximum absolute atomic E-state index is 12.9. The van der Waals surface area contributed by atoms with Crippen molar-refractivity contribution in [2.75, 3.05) is 27.4 Å². The van der Waals surface area contributed by atoms with E-state index in [2.05, 4.69) is 5.32 Å². The Bertz CT molecular complexity index is 590. The van der Waals surface area contributed by atoms with Crippen LogP contribution in [-0.2, 0) is 14.3 Å². The van der Waals surface area contributed by atoms with Gasteiger partial charge in [0.15, 0.2) is 0 Å². The summed E-state index contributed by atoms with van der Waals surface area (Å²) < 4.78 is 10.7.